The third-order valence-electron chi connectivity index (χ3n) is 2.48. The van der Waals surface area contributed by atoms with Crippen LogP contribution in [0, 0.1) is 12.3 Å². The Bertz CT molecular complexity index is 419. The quantitative estimate of drug-likeness (QED) is 0.856. The molecule has 1 rings (SSSR count). The highest BCUT2D eigenvalue weighted by molar-refractivity contribution is 5.94. The van der Waals surface area contributed by atoms with Crippen LogP contribution in [0.1, 0.15) is 26.3 Å². The zero-order chi connectivity index (χ0) is 13.2. The number of anilines is 2. The predicted octanol–water partition coefficient (Wildman–Crippen LogP) is 2.44. The molecule has 4 nitrogen and oxygen atoms in total. The molecular formula is C13H21N3O. The average Bonchev–Trinajstić information content (AvgIpc) is 2.19. The highest BCUT2D eigenvalue weighted by Gasteiger charge is 2.21. The molecule has 0 saturated heterocycles. The summed E-state index contributed by atoms with van der Waals surface area (Å²) < 4.78 is 0. The zero-order valence-corrected chi connectivity index (χ0v) is 11.5. The third kappa shape index (κ3) is 3.44. The van der Waals surface area contributed by atoms with E-state index in [1.54, 1.807) is 6.20 Å². The van der Waals surface area contributed by atoms with Gasteiger partial charge in [-0.2, -0.15) is 0 Å². The minimum Gasteiger partial charge on any atom is -0.377 e. The Hall–Kier alpha value is -1.58. The number of rotatable bonds is 2. The van der Waals surface area contributed by atoms with E-state index in [0.717, 1.165) is 11.3 Å². The Morgan fingerprint density at radius 2 is 1.94 bits per heavy atom. The maximum absolute atomic E-state index is 11.8. The lowest BCUT2D eigenvalue weighted by atomic mass is 9.96. The van der Waals surface area contributed by atoms with Gasteiger partial charge >= 0.3 is 0 Å². The largest absolute Gasteiger partial charge is 0.377 e. The van der Waals surface area contributed by atoms with Crippen LogP contribution in [0.2, 0.25) is 0 Å². The Morgan fingerprint density at radius 3 is 2.41 bits per heavy atom. The number of pyridine rings is 1. The van der Waals surface area contributed by atoms with Gasteiger partial charge in [-0.05, 0) is 12.5 Å². The molecule has 0 bridgehead atoms. The Kier molecular flexibility index (Phi) is 3.76. The van der Waals surface area contributed by atoms with Gasteiger partial charge in [0.2, 0.25) is 5.91 Å². The predicted molar refractivity (Wildman–Crippen MR) is 71.4 cm³/mol. The Balaban J connectivity index is 2.94. The topological polar surface area (TPSA) is 45.2 Å². The van der Waals surface area contributed by atoms with E-state index < -0.39 is 5.41 Å². The van der Waals surface area contributed by atoms with Crippen molar-refractivity contribution in [3.8, 4) is 0 Å². The maximum atomic E-state index is 11.8. The van der Waals surface area contributed by atoms with E-state index in [-0.39, 0.29) is 5.91 Å². The third-order valence-corrected chi connectivity index (χ3v) is 2.48. The molecule has 0 atom stereocenters. The summed E-state index contributed by atoms with van der Waals surface area (Å²) >= 11 is 0. The molecule has 0 saturated carbocycles. The van der Waals surface area contributed by atoms with E-state index in [1.165, 1.54) is 0 Å². The summed E-state index contributed by atoms with van der Waals surface area (Å²) in [4.78, 5) is 18.1. The molecule has 1 aromatic rings. The molecule has 0 unspecified atom stereocenters. The molecule has 0 fully saturated rings. The molecule has 17 heavy (non-hydrogen) atoms. The summed E-state index contributed by atoms with van der Waals surface area (Å²) in [5.41, 5.74) is 1.73. The summed E-state index contributed by atoms with van der Waals surface area (Å²) in [6, 6.07) is 1.89. The average molecular weight is 235 g/mol. The van der Waals surface area contributed by atoms with Crippen molar-refractivity contribution in [3.05, 3.63) is 17.8 Å². The first kappa shape index (κ1) is 13.5. The van der Waals surface area contributed by atoms with Crippen LogP contribution in [0.15, 0.2) is 12.3 Å². The molecular weight excluding hydrogens is 214 g/mol. The standard InChI is InChI=1S/C13H21N3O/c1-9-8-14-11(7-10(9)16(5)6)15-12(17)13(2,3)4/h7-8H,1-6H3,(H,14,15,17). The van der Waals surface area contributed by atoms with Gasteiger partial charge in [0, 0.05) is 37.5 Å². The van der Waals surface area contributed by atoms with Gasteiger partial charge in [0.1, 0.15) is 5.82 Å². The van der Waals surface area contributed by atoms with Crippen molar-refractivity contribution in [3.63, 3.8) is 0 Å². The summed E-state index contributed by atoms with van der Waals surface area (Å²) in [5.74, 6) is 0.567. The number of amides is 1. The lowest BCUT2D eigenvalue weighted by Gasteiger charge is -2.19. The molecule has 1 amide bonds. The summed E-state index contributed by atoms with van der Waals surface area (Å²) in [5, 5.41) is 2.83. The van der Waals surface area contributed by atoms with Crippen LogP contribution < -0.4 is 10.2 Å². The second kappa shape index (κ2) is 4.73. The fourth-order valence-electron chi connectivity index (χ4n) is 1.37. The van der Waals surface area contributed by atoms with E-state index in [1.807, 2.05) is 52.8 Å². The van der Waals surface area contributed by atoms with E-state index in [9.17, 15) is 4.79 Å². The molecule has 0 spiro atoms. The van der Waals surface area contributed by atoms with Gasteiger partial charge in [-0.1, -0.05) is 20.8 Å². The summed E-state index contributed by atoms with van der Waals surface area (Å²) in [7, 11) is 3.94. The summed E-state index contributed by atoms with van der Waals surface area (Å²) in [6.45, 7) is 7.63. The molecule has 0 aliphatic rings. The molecule has 0 radical (unpaired) electrons. The fourth-order valence-corrected chi connectivity index (χ4v) is 1.37. The first-order valence-electron chi connectivity index (χ1n) is 5.67. The van der Waals surface area contributed by atoms with Crippen LogP contribution in [-0.4, -0.2) is 25.0 Å². The van der Waals surface area contributed by atoms with Gasteiger partial charge in [-0.3, -0.25) is 4.79 Å². The molecule has 94 valence electrons. The van der Waals surface area contributed by atoms with Crippen molar-refractivity contribution in [1.82, 2.24) is 4.98 Å². The van der Waals surface area contributed by atoms with Gasteiger partial charge in [0.15, 0.2) is 0 Å². The lowest BCUT2D eigenvalue weighted by molar-refractivity contribution is -0.123. The van der Waals surface area contributed by atoms with Crippen LogP contribution in [0.25, 0.3) is 0 Å². The van der Waals surface area contributed by atoms with Crippen molar-refractivity contribution in [1.29, 1.82) is 0 Å². The van der Waals surface area contributed by atoms with E-state index >= 15 is 0 Å². The number of aryl methyl sites for hydroxylation is 1. The number of nitrogens with one attached hydrogen (secondary N) is 1. The van der Waals surface area contributed by atoms with Crippen LogP contribution in [0.3, 0.4) is 0 Å². The maximum Gasteiger partial charge on any atom is 0.230 e. The van der Waals surface area contributed by atoms with Gasteiger partial charge in [-0.25, -0.2) is 4.98 Å². The Morgan fingerprint density at radius 1 is 1.35 bits per heavy atom. The van der Waals surface area contributed by atoms with Crippen molar-refractivity contribution in [2.24, 2.45) is 5.41 Å². The Labute approximate surface area is 103 Å². The first-order chi connectivity index (χ1) is 7.71. The fraction of sp³-hybridized carbons (Fsp3) is 0.538. The van der Waals surface area contributed by atoms with Crippen LogP contribution in [0.4, 0.5) is 11.5 Å². The van der Waals surface area contributed by atoms with Gasteiger partial charge in [0.25, 0.3) is 0 Å². The molecule has 1 aromatic heterocycles. The van der Waals surface area contributed by atoms with Gasteiger partial charge in [0.05, 0.1) is 0 Å². The zero-order valence-electron chi connectivity index (χ0n) is 11.5. The molecule has 0 aromatic carbocycles. The van der Waals surface area contributed by atoms with Crippen LogP contribution in [0.5, 0.6) is 0 Å². The number of hydrogen-bond donors (Lipinski definition) is 1. The van der Waals surface area contributed by atoms with Gasteiger partial charge in [-0.15, -0.1) is 0 Å². The molecule has 1 heterocycles. The van der Waals surface area contributed by atoms with Crippen molar-refractivity contribution in [2.45, 2.75) is 27.7 Å². The van der Waals surface area contributed by atoms with E-state index in [2.05, 4.69) is 10.3 Å². The monoisotopic (exact) mass is 235 g/mol. The molecule has 4 heteroatoms. The van der Waals surface area contributed by atoms with Crippen molar-refractivity contribution < 1.29 is 4.79 Å². The minimum atomic E-state index is -0.412. The molecule has 1 N–H and O–H groups in total. The number of carbonyl (C=O) groups is 1. The second-order valence-corrected chi connectivity index (χ2v) is 5.45. The lowest BCUT2D eigenvalue weighted by Crippen LogP contribution is -2.28. The number of hydrogen-bond acceptors (Lipinski definition) is 3. The molecule has 0 aliphatic carbocycles. The second-order valence-electron chi connectivity index (χ2n) is 5.45. The highest BCUT2D eigenvalue weighted by Crippen LogP contribution is 2.22. The van der Waals surface area contributed by atoms with Crippen LogP contribution in [-0.2, 0) is 4.79 Å². The van der Waals surface area contributed by atoms with E-state index in [0.29, 0.717) is 5.82 Å². The number of aromatic nitrogens is 1. The first-order valence-corrected chi connectivity index (χ1v) is 5.67. The van der Waals surface area contributed by atoms with Crippen molar-refractivity contribution in [2.75, 3.05) is 24.3 Å². The SMILES string of the molecule is Cc1cnc(NC(=O)C(C)(C)C)cc1N(C)C. The highest BCUT2D eigenvalue weighted by atomic mass is 16.2. The smallest absolute Gasteiger partial charge is 0.230 e. The molecule has 0 aliphatic heterocycles. The van der Waals surface area contributed by atoms with Gasteiger partial charge < -0.3 is 10.2 Å². The van der Waals surface area contributed by atoms with E-state index in [4.69, 9.17) is 0 Å². The van der Waals surface area contributed by atoms with Crippen molar-refractivity contribution >= 4 is 17.4 Å². The summed E-state index contributed by atoms with van der Waals surface area (Å²) in [6.07, 6.45) is 1.77. The minimum absolute atomic E-state index is 0.0291. The van der Waals surface area contributed by atoms with Crippen LogP contribution >= 0.6 is 0 Å². The number of carbonyl (C=O) groups excluding carboxylic acids is 1. The normalized spacial score (nSPS) is 11.2. The number of nitrogens with zero attached hydrogens (tertiary/aromatic N) is 2.